The van der Waals surface area contributed by atoms with Crippen molar-refractivity contribution in [2.45, 2.75) is 106 Å². The molecule has 0 radical (unpaired) electrons. The van der Waals surface area contributed by atoms with Gasteiger partial charge in [0, 0.05) is 0 Å². The fourth-order valence-corrected chi connectivity index (χ4v) is 1.44. The van der Waals surface area contributed by atoms with Gasteiger partial charge in [0.05, 0.1) is 13.2 Å². The smallest absolute Gasteiger partial charge is 0.432 e. The molecule has 0 spiro atoms. The third kappa shape index (κ3) is 11.0. The highest BCUT2D eigenvalue weighted by molar-refractivity contribution is 5.59. The molecule has 0 aliphatic carbocycles. The quantitative estimate of drug-likeness (QED) is 0.160. The van der Waals surface area contributed by atoms with Gasteiger partial charge in [-0.25, -0.2) is 9.59 Å². The van der Waals surface area contributed by atoms with Crippen LogP contribution in [-0.4, -0.2) is 36.7 Å². The topological polar surface area (TPSA) is 89.5 Å². The van der Waals surface area contributed by atoms with Crippen LogP contribution in [0.25, 0.3) is 0 Å². The van der Waals surface area contributed by atoms with Crippen LogP contribution in [0.2, 0.25) is 0 Å². The average molecular weight is 435 g/mol. The van der Waals surface area contributed by atoms with Crippen LogP contribution in [0.4, 0.5) is 9.59 Å². The van der Waals surface area contributed by atoms with Crippen LogP contribution in [0.3, 0.4) is 0 Å². The van der Waals surface area contributed by atoms with E-state index in [1.807, 2.05) is 69.2 Å². The fourth-order valence-electron chi connectivity index (χ4n) is 1.44. The Bertz CT molecular complexity index is 478. The molecule has 0 fully saturated rings. The highest BCUT2D eigenvalue weighted by Gasteiger charge is 2.37. The van der Waals surface area contributed by atoms with E-state index in [4.69, 9.17) is 29.0 Å². The molecule has 0 aromatic rings. The van der Waals surface area contributed by atoms with Crippen molar-refractivity contribution in [3.8, 4) is 0 Å². The second-order valence-electron chi connectivity index (χ2n) is 10.5. The summed E-state index contributed by atoms with van der Waals surface area (Å²) in [5.74, 6) is 0. The first kappa shape index (κ1) is 28.5. The molecular formula is C22H42O8. The molecule has 0 bridgehead atoms. The van der Waals surface area contributed by atoms with Crippen molar-refractivity contribution in [1.29, 1.82) is 0 Å². The molecule has 178 valence electrons. The molecule has 0 amide bonds. The maximum absolute atomic E-state index is 11.6. The fraction of sp³-hybridized carbons (Fsp3) is 0.909. The molecule has 0 saturated carbocycles. The van der Waals surface area contributed by atoms with Gasteiger partial charge in [0.1, 0.15) is 11.2 Å². The first-order valence-corrected chi connectivity index (χ1v) is 10.5. The first-order chi connectivity index (χ1) is 13.5. The zero-order chi connectivity index (χ0) is 23.6. The van der Waals surface area contributed by atoms with Gasteiger partial charge in [-0.1, -0.05) is 41.5 Å². The lowest BCUT2D eigenvalue weighted by atomic mass is 9.79. The molecule has 0 heterocycles. The first-order valence-electron chi connectivity index (χ1n) is 10.5. The minimum atomic E-state index is -0.850. The summed E-state index contributed by atoms with van der Waals surface area (Å²) in [5.41, 5.74) is -1.67. The van der Waals surface area contributed by atoms with E-state index in [2.05, 4.69) is 0 Å². The minimum Gasteiger partial charge on any atom is -0.432 e. The van der Waals surface area contributed by atoms with Gasteiger partial charge < -0.3 is 9.47 Å². The lowest BCUT2D eigenvalue weighted by molar-refractivity contribution is -0.339. The van der Waals surface area contributed by atoms with Crippen molar-refractivity contribution >= 4 is 12.3 Å². The van der Waals surface area contributed by atoms with E-state index in [-0.39, 0.29) is 24.0 Å². The van der Waals surface area contributed by atoms with Crippen LogP contribution in [0.15, 0.2) is 0 Å². The van der Waals surface area contributed by atoms with Gasteiger partial charge in [0.2, 0.25) is 0 Å². The SMILES string of the molecule is CC(C)(C)C(C)(C)OOC(=O)OCCCCCCOC(=O)OOC(C)(C)C(C)(C)C. The van der Waals surface area contributed by atoms with E-state index in [0.717, 1.165) is 12.8 Å². The van der Waals surface area contributed by atoms with E-state index in [1.165, 1.54) is 0 Å². The maximum Gasteiger partial charge on any atom is 0.540 e. The molecular weight excluding hydrogens is 392 g/mol. The molecule has 0 N–H and O–H groups in total. The third-order valence-corrected chi connectivity index (χ3v) is 5.73. The Morgan fingerprint density at radius 3 is 1.10 bits per heavy atom. The number of unbranched alkanes of at least 4 members (excludes halogenated alkanes) is 3. The van der Waals surface area contributed by atoms with E-state index in [1.54, 1.807) is 0 Å². The summed E-state index contributed by atoms with van der Waals surface area (Å²) in [5, 5.41) is 0. The Balaban J connectivity index is 3.75. The highest BCUT2D eigenvalue weighted by Crippen LogP contribution is 2.33. The van der Waals surface area contributed by atoms with Gasteiger partial charge >= 0.3 is 12.3 Å². The molecule has 0 aliphatic rings. The standard InChI is InChI=1S/C22H42O8/c1-19(2,3)21(7,8)29-27-17(23)25-15-13-11-12-14-16-26-18(24)28-30-22(9,10)20(4,5)6/h11-16H2,1-10H3. The molecule has 0 unspecified atom stereocenters. The Labute approximate surface area is 181 Å². The van der Waals surface area contributed by atoms with Crippen molar-refractivity contribution in [3.63, 3.8) is 0 Å². The van der Waals surface area contributed by atoms with Gasteiger partial charge in [-0.05, 0) is 64.2 Å². The molecule has 8 heteroatoms. The number of hydrogen-bond acceptors (Lipinski definition) is 8. The number of carbonyl (C=O) groups is 2. The molecule has 8 nitrogen and oxygen atoms in total. The van der Waals surface area contributed by atoms with Crippen LogP contribution in [0.1, 0.15) is 94.9 Å². The summed E-state index contributed by atoms with van der Waals surface area (Å²) >= 11 is 0. The third-order valence-electron chi connectivity index (χ3n) is 5.73. The second-order valence-corrected chi connectivity index (χ2v) is 10.5. The van der Waals surface area contributed by atoms with Crippen LogP contribution >= 0.6 is 0 Å². The van der Waals surface area contributed by atoms with E-state index in [9.17, 15) is 9.59 Å². The molecule has 0 aromatic carbocycles. The van der Waals surface area contributed by atoms with Crippen molar-refractivity contribution in [1.82, 2.24) is 0 Å². The van der Waals surface area contributed by atoms with Gasteiger partial charge in [0.25, 0.3) is 0 Å². The molecule has 0 aliphatic heterocycles. The monoisotopic (exact) mass is 434 g/mol. The molecule has 0 rings (SSSR count). The Morgan fingerprint density at radius 2 is 0.833 bits per heavy atom. The molecule has 0 atom stereocenters. The van der Waals surface area contributed by atoms with Crippen LogP contribution in [0, 0.1) is 10.8 Å². The summed E-state index contributed by atoms with van der Waals surface area (Å²) in [6, 6.07) is 0. The maximum atomic E-state index is 11.6. The van der Waals surface area contributed by atoms with Crippen molar-refractivity contribution in [2.75, 3.05) is 13.2 Å². The Morgan fingerprint density at radius 1 is 0.533 bits per heavy atom. The molecule has 0 saturated heterocycles. The van der Waals surface area contributed by atoms with Crippen molar-refractivity contribution in [2.24, 2.45) is 10.8 Å². The molecule has 0 aromatic heterocycles. The van der Waals surface area contributed by atoms with E-state index in [0.29, 0.717) is 12.8 Å². The highest BCUT2D eigenvalue weighted by atomic mass is 17.2. The average Bonchev–Trinajstić information content (AvgIpc) is 2.58. The number of hydrogen-bond donors (Lipinski definition) is 0. The van der Waals surface area contributed by atoms with Crippen LogP contribution in [0.5, 0.6) is 0 Å². The van der Waals surface area contributed by atoms with Crippen LogP contribution in [-0.2, 0) is 29.0 Å². The summed E-state index contributed by atoms with van der Waals surface area (Å²) in [6.07, 6.45) is 1.27. The van der Waals surface area contributed by atoms with Gasteiger partial charge in [-0.15, -0.1) is 0 Å². The zero-order valence-corrected chi connectivity index (χ0v) is 20.5. The van der Waals surface area contributed by atoms with Crippen molar-refractivity contribution in [3.05, 3.63) is 0 Å². The number of ether oxygens (including phenoxy) is 2. The number of carbonyl (C=O) groups excluding carboxylic acids is 2. The van der Waals surface area contributed by atoms with E-state index >= 15 is 0 Å². The predicted octanol–water partition coefficient (Wildman–Crippen LogP) is 6.37. The predicted molar refractivity (Wildman–Crippen MR) is 113 cm³/mol. The van der Waals surface area contributed by atoms with E-state index < -0.39 is 23.5 Å². The van der Waals surface area contributed by atoms with Crippen LogP contribution < -0.4 is 0 Å². The number of rotatable bonds is 11. The largest absolute Gasteiger partial charge is 0.540 e. The summed E-state index contributed by atoms with van der Waals surface area (Å²) in [6.45, 7) is 19.8. The van der Waals surface area contributed by atoms with Gasteiger partial charge in [0.15, 0.2) is 0 Å². The lowest BCUT2D eigenvalue weighted by Crippen LogP contribution is -2.40. The summed E-state index contributed by atoms with van der Waals surface area (Å²) in [4.78, 5) is 43.0. The minimum absolute atomic E-state index is 0.198. The Hall–Kier alpha value is -1.54. The molecule has 30 heavy (non-hydrogen) atoms. The summed E-state index contributed by atoms with van der Waals surface area (Å²) in [7, 11) is 0. The Kier molecular flexibility index (Phi) is 11.1. The lowest BCUT2D eigenvalue weighted by Gasteiger charge is -2.35. The normalized spacial score (nSPS) is 13.0. The van der Waals surface area contributed by atoms with Gasteiger partial charge in [-0.3, -0.25) is 9.78 Å². The zero-order valence-electron chi connectivity index (χ0n) is 20.5. The van der Waals surface area contributed by atoms with Gasteiger partial charge in [-0.2, -0.15) is 9.78 Å². The second kappa shape index (κ2) is 11.7. The van der Waals surface area contributed by atoms with Crippen molar-refractivity contribution < 1.29 is 38.6 Å². The summed E-state index contributed by atoms with van der Waals surface area (Å²) < 4.78 is 9.96.